The average molecular weight is 172 g/mol. The Morgan fingerprint density at radius 3 is 2.36 bits per heavy atom. The second-order valence-corrected chi connectivity index (χ2v) is 7.61. The molecule has 0 heterocycles. The molecule has 0 aliphatic heterocycles. The molecule has 0 radical (unpaired) electrons. The van der Waals surface area contributed by atoms with Crippen LogP contribution in [0.15, 0.2) is 25.2 Å². The van der Waals surface area contributed by atoms with E-state index < -0.39 is 8.32 Å². The number of ether oxygens (including phenoxy) is 1. The van der Waals surface area contributed by atoms with Crippen LogP contribution in [-0.4, -0.2) is 14.9 Å². The normalized spacial score (nSPS) is 10.5. The molecule has 0 N–H and O–H groups in total. The van der Waals surface area contributed by atoms with Crippen LogP contribution in [0.25, 0.3) is 0 Å². The van der Waals surface area contributed by atoms with Gasteiger partial charge in [0.15, 0.2) is 0 Å². The summed E-state index contributed by atoms with van der Waals surface area (Å²) in [7, 11) is -1.53. The highest BCUT2D eigenvalue weighted by Gasteiger charge is 2.16. The summed E-state index contributed by atoms with van der Waals surface area (Å²) in [5.74, 6) is 0.407. The summed E-state index contributed by atoms with van der Waals surface area (Å²) in [6.45, 7) is 13.8. The van der Waals surface area contributed by atoms with E-state index >= 15 is 0 Å². The second kappa shape index (κ2) is 4.23. The van der Waals surface area contributed by atoms with Crippen LogP contribution in [0.4, 0.5) is 0 Å². The van der Waals surface area contributed by atoms with E-state index in [0.29, 0.717) is 12.6 Å². The molecule has 0 bridgehead atoms. The molecule has 0 spiro atoms. The van der Waals surface area contributed by atoms with E-state index in [0.717, 1.165) is 0 Å². The molecule has 0 saturated carbocycles. The van der Waals surface area contributed by atoms with Gasteiger partial charge in [-0.2, -0.15) is 0 Å². The lowest BCUT2D eigenvalue weighted by molar-refractivity contribution is 0.125. The van der Waals surface area contributed by atoms with Gasteiger partial charge in [0.05, 0.1) is 0 Å². The van der Waals surface area contributed by atoms with Crippen molar-refractivity contribution in [1.29, 1.82) is 0 Å². The first-order chi connectivity index (χ1) is 4.95. The monoisotopic (exact) mass is 172 g/mol. The van der Waals surface area contributed by atoms with E-state index in [2.05, 4.69) is 32.8 Å². The summed E-state index contributed by atoms with van der Waals surface area (Å²) >= 11 is 0. The van der Waals surface area contributed by atoms with Crippen LogP contribution >= 0.6 is 0 Å². The minimum atomic E-state index is -1.53. The Kier molecular flexibility index (Phi) is 3.96. The Bertz CT molecular complexity index is 147. The van der Waals surface area contributed by atoms with Crippen molar-refractivity contribution in [2.75, 3.05) is 6.61 Å². The lowest BCUT2D eigenvalue weighted by Crippen LogP contribution is -2.25. The third kappa shape index (κ3) is 7.19. The molecule has 2 nitrogen and oxygen atoms in total. The first-order valence-corrected chi connectivity index (χ1v) is 6.98. The molecule has 0 aliphatic carbocycles. The minimum Gasteiger partial charge on any atom is -0.520 e. The van der Waals surface area contributed by atoms with Crippen molar-refractivity contribution in [2.24, 2.45) is 0 Å². The maximum atomic E-state index is 5.41. The van der Waals surface area contributed by atoms with Crippen molar-refractivity contribution in [1.82, 2.24) is 0 Å². The molecule has 0 aromatic heterocycles. The third-order valence-corrected chi connectivity index (χ3v) is 1.62. The van der Waals surface area contributed by atoms with Crippen LogP contribution in [0.5, 0.6) is 0 Å². The number of rotatable bonds is 5. The lowest BCUT2D eigenvalue weighted by Gasteiger charge is -2.20. The molecule has 0 rings (SSSR count). The summed E-state index contributed by atoms with van der Waals surface area (Å²) in [5.41, 5.74) is 0. The summed E-state index contributed by atoms with van der Waals surface area (Å²) in [5, 5.41) is 0. The predicted molar refractivity (Wildman–Crippen MR) is 49.7 cm³/mol. The highest BCUT2D eigenvalue weighted by molar-refractivity contribution is 6.69. The first kappa shape index (κ1) is 10.3. The Hall–Kier alpha value is -0.703. The fourth-order valence-corrected chi connectivity index (χ4v) is 1.26. The second-order valence-electron chi connectivity index (χ2n) is 3.19. The zero-order valence-corrected chi connectivity index (χ0v) is 8.52. The van der Waals surface area contributed by atoms with Crippen molar-refractivity contribution < 1.29 is 9.16 Å². The van der Waals surface area contributed by atoms with Gasteiger partial charge in [-0.15, -0.1) is 0 Å². The number of hydrogen-bond acceptors (Lipinski definition) is 2. The van der Waals surface area contributed by atoms with Gasteiger partial charge >= 0.3 is 0 Å². The van der Waals surface area contributed by atoms with Crippen LogP contribution < -0.4 is 0 Å². The Labute approximate surface area is 69.6 Å². The van der Waals surface area contributed by atoms with Gasteiger partial charge in [0, 0.05) is 0 Å². The molecule has 64 valence electrons. The summed E-state index contributed by atoms with van der Waals surface area (Å²) in [6, 6.07) is 0. The highest BCUT2D eigenvalue weighted by Crippen LogP contribution is 2.09. The fraction of sp³-hybridized carbons (Fsp3) is 0.500. The van der Waals surface area contributed by atoms with Gasteiger partial charge in [-0.05, 0) is 26.2 Å². The van der Waals surface area contributed by atoms with Crippen LogP contribution in [0, 0.1) is 0 Å². The molecule has 0 unspecified atom stereocenters. The van der Waals surface area contributed by atoms with Crippen LogP contribution in [0.3, 0.4) is 0 Å². The minimum absolute atomic E-state index is 0.407. The fourth-order valence-electron chi connectivity index (χ4n) is 0.523. The summed E-state index contributed by atoms with van der Waals surface area (Å²) < 4.78 is 10.5. The van der Waals surface area contributed by atoms with Crippen LogP contribution in [0.1, 0.15) is 0 Å². The van der Waals surface area contributed by atoms with Crippen molar-refractivity contribution in [2.45, 2.75) is 19.6 Å². The van der Waals surface area contributed by atoms with Gasteiger partial charge in [0.25, 0.3) is 5.95 Å². The largest absolute Gasteiger partial charge is 0.520 e. The van der Waals surface area contributed by atoms with Gasteiger partial charge in [0.2, 0.25) is 8.32 Å². The standard InChI is InChI=1S/C8H16O2Si/c1-6-7-9-8(2)10-11(3,4)5/h6H,1-2,7H2,3-5H3. The van der Waals surface area contributed by atoms with E-state index in [1.807, 2.05) is 0 Å². The van der Waals surface area contributed by atoms with Gasteiger partial charge in [-0.25, -0.2) is 0 Å². The molecule has 0 amide bonds. The molecule has 0 atom stereocenters. The van der Waals surface area contributed by atoms with Crippen molar-refractivity contribution in [3.63, 3.8) is 0 Å². The predicted octanol–water partition coefficient (Wildman–Crippen LogP) is 2.51. The summed E-state index contributed by atoms with van der Waals surface area (Å²) in [4.78, 5) is 0. The van der Waals surface area contributed by atoms with Gasteiger partial charge in [0.1, 0.15) is 6.61 Å². The molecule has 0 aromatic carbocycles. The van der Waals surface area contributed by atoms with Gasteiger partial charge < -0.3 is 9.16 Å². The smallest absolute Gasteiger partial charge is 0.257 e. The molecule has 0 aliphatic rings. The SMILES string of the molecule is C=CCOC(=C)O[Si](C)(C)C. The Morgan fingerprint density at radius 1 is 1.45 bits per heavy atom. The van der Waals surface area contributed by atoms with Crippen LogP contribution in [-0.2, 0) is 9.16 Å². The molecule has 0 fully saturated rings. The van der Waals surface area contributed by atoms with Crippen molar-refractivity contribution in [3.8, 4) is 0 Å². The molecule has 0 aromatic rings. The van der Waals surface area contributed by atoms with E-state index in [1.165, 1.54) is 0 Å². The zero-order chi connectivity index (χ0) is 8.91. The Balaban J connectivity index is 3.61. The summed E-state index contributed by atoms with van der Waals surface area (Å²) in [6.07, 6.45) is 1.67. The molecular formula is C8H16O2Si. The topological polar surface area (TPSA) is 18.5 Å². The van der Waals surface area contributed by atoms with Gasteiger partial charge in [-0.3, -0.25) is 0 Å². The van der Waals surface area contributed by atoms with Crippen molar-refractivity contribution in [3.05, 3.63) is 25.2 Å². The lowest BCUT2D eigenvalue weighted by atomic mass is 10.7. The molecule has 0 saturated heterocycles. The Morgan fingerprint density at radius 2 is 2.00 bits per heavy atom. The van der Waals surface area contributed by atoms with Crippen molar-refractivity contribution >= 4 is 8.32 Å². The van der Waals surface area contributed by atoms with E-state index in [4.69, 9.17) is 9.16 Å². The van der Waals surface area contributed by atoms with Gasteiger partial charge in [-0.1, -0.05) is 12.7 Å². The van der Waals surface area contributed by atoms with E-state index in [9.17, 15) is 0 Å². The van der Waals surface area contributed by atoms with E-state index in [1.54, 1.807) is 6.08 Å². The highest BCUT2D eigenvalue weighted by atomic mass is 28.4. The first-order valence-electron chi connectivity index (χ1n) is 3.57. The average Bonchev–Trinajstić information content (AvgIpc) is 1.79. The zero-order valence-electron chi connectivity index (χ0n) is 7.52. The molecule has 11 heavy (non-hydrogen) atoms. The van der Waals surface area contributed by atoms with Crippen LogP contribution in [0.2, 0.25) is 19.6 Å². The maximum absolute atomic E-state index is 5.41. The molecular weight excluding hydrogens is 156 g/mol. The molecule has 3 heteroatoms. The quantitative estimate of drug-likeness (QED) is 0.360. The number of hydrogen-bond donors (Lipinski definition) is 0. The maximum Gasteiger partial charge on any atom is 0.257 e. The van der Waals surface area contributed by atoms with E-state index in [-0.39, 0.29) is 0 Å². The third-order valence-electron chi connectivity index (χ3n) is 0.782.